The maximum atomic E-state index is 12.7. The van der Waals surface area contributed by atoms with E-state index >= 15 is 0 Å². The third-order valence-electron chi connectivity index (χ3n) is 5.06. The van der Waals surface area contributed by atoms with Gasteiger partial charge in [0.05, 0.1) is 23.6 Å². The molecule has 0 radical (unpaired) electrons. The molecule has 2 aliphatic rings. The Labute approximate surface area is 157 Å². The lowest BCUT2D eigenvalue weighted by atomic mass is 10.0. The molecule has 1 aliphatic heterocycles. The SMILES string of the molecule is O=C(Cc1ccccc1)C1=Cc2nc3c(cc2C1)CN=C3c1ccncc1. The van der Waals surface area contributed by atoms with E-state index < -0.39 is 0 Å². The van der Waals surface area contributed by atoms with Gasteiger partial charge in [0.15, 0.2) is 5.78 Å². The Hall–Kier alpha value is -3.40. The number of nitrogens with zero attached hydrogens (tertiary/aromatic N) is 3. The van der Waals surface area contributed by atoms with Gasteiger partial charge in [0.25, 0.3) is 0 Å². The van der Waals surface area contributed by atoms with Crippen LogP contribution in [-0.2, 0) is 24.2 Å². The third-order valence-corrected chi connectivity index (χ3v) is 5.06. The summed E-state index contributed by atoms with van der Waals surface area (Å²) in [4.78, 5) is 26.3. The summed E-state index contributed by atoms with van der Waals surface area (Å²) in [7, 11) is 0. The molecule has 0 N–H and O–H groups in total. The smallest absolute Gasteiger partial charge is 0.163 e. The van der Waals surface area contributed by atoms with Crippen molar-refractivity contribution in [2.45, 2.75) is 19.4 Å². The molecule has 3 aromatic rings. The summed E-state index contributed by atoms with van der Waals surface area (Å²) in [6.45, 7) is 0.639. The van der Waals surface area contributed by atoms with Crippen LogP contribution in [0.1, 0.15) is 33.6 Å². The Balaban J connectivity index is 1.43. The summed E-state index contributed by atoms with van der Waals surface area (Å²) in [5.41, 5.74) is 7.89. The van der Waals surface area contributed by atoms with Crippen LogP contribution in [0.25, 0.3) is 6.08 Å². The van der Waals surface area contributed by atoms with Gasteiger partial charge in [-0.2, -0.15) is 0 Å². The van der Waals surface area contributed by atoms with Gasteiger partial charge in [0, 0.05) is 41.9 Å². The first-order valence-corrected chi connectivity index (χ1v) is 9.03. The minimum absolute atomic E-state index is 0.169. The van der Waals surface area contributed by atoms with Crippen LogP contribution in [0, 0.1) is 0 Å². The van der Waals surface area contributed by atoms with Crippen molar-refractivity contribution in [3.63, 3.8) is 0 Å². The Morgan fingerprint density at radius 2 is 1.81 bits per heavy atom. The summed E-state index contributed by atoms with van der Waals surface area (Å²) in [5, 5.41) is 0. The number of carbonyl (C=O) groups is 1. The lowest BCUT2D eigenvalue weighted by molar-refractivity contribution is -0.114. The van der Waals surface area contributed by atoms with Crippen LogP contribution in [0.2, 0.25) is 0 Å². The molecule has 3 heterocycles. The fraction of sp³-hybridized carbons (Fsp3) is 0.130. The molecule has 0 saturated carbocycles. The highest BCUT2D eigenvalue weighted by atomic mass is 16.1. The number of Topliss-reactive ketones (excluding diaryl/α,β-unsaturated/α-hetero) is 1. The van der Waals surface area contributed by atoms with Crippen LogP contribution in [0.3, 0.4) is 0 Å². The van der Waals surface area contributed by atoms with E-state index in [4.69, 9.17) is 4.98 Å². The molecule has 27 heavy (non-hydrogen) atoms. The second-order valence-corrected chi connectivity index (χ2v) is 6.87. The maximum absolute atomic E-state index is 12.7. The first kappa shape index (κ1) is 15.8. The van der Waals surface area contributed by atoms with Crippen molar-refractivity contribution in [3.8, 4) is 0 Å². The molecule has 5 rings (SSSR count). The van der Waals surface area contributed by atoms with Gasteiger partial charge in [-0.25, -0.2) is 4.98 Å². The van der Waals surface area contributed by atoms with Gasteiger partial charge in [0.2, 0.25) is 0 Å². The zero-order valence-electron chi connectivity index (χ0n) is 14.7. The molecule has 0 spiro atoms. The number of benzene rings is 1. The van der Waals surface area contributed by atoms with E-state index in [1.807, 2.05) is 48.5 Å². The molecule has 1 aliphatic carbocycles. The van der Waals surface area contributed by atoms with E-state index in [1.165, 1.54) is 0 Å². The Morgan fingerprint density at radius 3 is 2.63 bits per heavy atom. The molecule has 1 aromatic carbocycles. The van der Waals surface area contributed by atoms with Gasteiger partial charge < -0.3 is 0 Å². The third kappa shape index (κ3) is 2.89. The topological polar surface area (TPSA) is 55.2 Å². The van der Waals surface area contributed by atoms with E-state index in [-0.39, 0.29) is 5.78 Å². The van der Waals surface area contributed by atoms with Gasteiger partial charge in [-0.1, -0.05) is 30.3 Å². The van der Waals surface area contributed by atoms with Crippen LogP contribution in [0.15, 0.2) is 71.5 Å². The van der Waals surface area contributed by atoms with E-state index in [0.29, 0.717) is 19.4 Å². The standard InChI is InChI=1S/C23H17N3O/c27-21(10-15-4-2-1-3-5-15)18-11-17-12-19-14-25-22(16-6-8-24-9-7-16)23(19)26-20(17)13-18/h1-9,12-13H,10-11,14H2. The second-order valence-electron chi connectivity index (χ2n) is 6.87. The second kappa shape index (κ2) is 6.40. The predicted molar refractivity (Wildman–Crippen MR) is 105 cm³/mol. The normalized spacial score (nSPS) is 14.4. The highest BCUT2D eigenvalue weighted by Gasteiger charge is 2.25. The number of carbonyl (C=O) groups excluding carboxylic acids is 1. The first-order valence-electron chi connectivity index (χ1n) is 9.03. The highest BCUT2D eigenvalue weighted by molar-refractivity contribution is 6.14. The molecule has 0 fully saturated rings. The van der Waals surface area contributed by atoms with Crippen LogP contribution in [0.5, 0.6) is 0 Å². The van der Waals surface area contributed by atoms with Crippen molar-refractivity contribution in [2.75, 3.05) is 0 Å². The molecule has 4 nitrogen and oxygen atoms in total. The number of fused-ring (bicyclic) bond motifs is 2. The number of ketones is 1. The summed E-state index contributed by atoms with van der Waals surface area (Å²) in [5.74, 6) is 0.169. The lowest BCUT2D eigenvalue weighted by Crippen LogP contribution is -2.07. The maximum Gasteiger partial charge on any atom is 0.163 e. The van der Waals surface area contributed by atoms with Gasteiger partial charge in [-0.15, -0.1) is 0 Å². The van der Waals surface area contributed by atoms with E-state index in [1.54, 1.807) is 12.4 Å². The first-order chi connectivity index (χ1) is 13.3. The number of allylic oxidation sites excluding steroid dienone is 1. The van der Waals surface area contributed by atoms with Gasteiger partial charge in [-0.05, 0) is 35.4 Å². The van der Waals surface area contributed by atoms with Crippen LogP contribution in [0.4, 0.5) is 0 Å². The molecule has 0 bridgehead atoms. The Kier molecular flexibility index (Phi) is 3.75. The molecule has 0 saturated heterocycles. The number of rotatable bonds is 4. The monoisotopic (exact) mass is 351 g/mol. The molecule has 4 heteroatoms. The van der Waals surface area contributed by atoms with Crippen LogP contribution < -0.4 is 0 Å². The largest absolute Gasteiger partial charge is 0.294 e. The number of hydrogen-bond donors (Lipinski definition) is 0. The molecular weight excluding hydrogens is 334 g/mol. The van der Waals surface area contributed by atoms with Crippen LogP contribution >= 0.6 is 0 Å². The van der Waals surface area contributed by atoms with Crippen molar-refractivity contribution in [1.82, 2.24) is 9.97 Å². The molecule has 0 amide bonds. The Morgan fingerprint density at radius 1 is 1.00 bits per heavy atom. The van der Waals surface area contributed by atoms with Crippen molar-refractivity contribution in [3.05, 3.63) is 100 Å². The summed E-state index contributed by atoms with van der Waals surface area (Å²) in [6, 6.07) is 15.9. The summed E-state index contributed by atoms with van der Waals surface area (Å²) in [6.07, 6.45) is 6.58. The fourth-order valence-electron chi connectivity index (χ4n) is 3.68. The van der Waals surface area contributed by atoms with Gasteiger partial charge in [-0.3, -0.25) is 14.8 Å². The quantitative estimate of drug-likeness (QED) is 0.722. The fourth-order valence-corrected chi connectivity index (χ4v) is 3.68. The average Bonchev–Trinajstić information content (AvgIpc) is 3.31. The minimum atomic E-state index is 0.169. The predicted octanol–water partition coefficient (Wildman–Crippen LogP) is 3.58. The van der Waals surface area contributed by atoms with E-state index in [2.05, 4.69) is 16.0 Å². The number of aromatic nitrogens is 2. The van der Waals surface area contributed by atoms with Gasteiger partial charge >= 0.3 is 0 Å². The molecule has 0 unspecified atom stereocenters. The number of pyridine rings is 2. The number of aliphatic imine (C=N–C) groups is 1. The zero-order chi connectivity index (χ0) is 18.2. The Bertz CT molecular complexity index is 1100. The molecule has 130 valence electrons. The highest BCUT2D eigenvalue weighted by Crippen LogP contribution is 2.30. The van der Waals surface area contributed by atoms with Crippen LogP contribution in [-0.4, -0.2) is 21.5 Å². The zero-order valence-corrected chi connectivity index (χ0v) is 14.7. The van der Waals surface area contributed by atoms with E-state index in [0.717, 1.165) is 44.9 Å². The molecule has 2 aromatic heterocycles. The van der Waals surface area contributed by atoms with Crippen molar-refractivity contribution < 1.29 is 4.79 Å². The summed E-state index contributed by atoms with van der Waals surface area (Å²) < 4.78 is 0. The van der Waals surface area contributed by atoms with Crippen molar-refractivity contribution >= 4 is 17.6 Å². The summed E-state index contributed by atoms with van der Waals surface area (Å²) >= 11 is 0. The average molecular weight is 351 g/mol. The molecule has 0 atom stereocenters. The van der Waals surface area contributed by atoms with Crippen molar-refractivity contribution in [2.24, 2.45) is 4.99 Å². The minimum Gasteiger partial charge on any atom is -0.294 e. The lowest BCUT2D eigenvalue weighted by Gasteiger charge is -2.06. The van der Waals surface area contributed by atoms with E-state index in [9.17, 15) is 4.79 Å². The molecular formula is C23H17N3O. The number of hydrogen-bond acceptors (Lipinski definition) is 4. The van der Waals surface area contributed by atoms with Crippen molar-refractivity contribution in [1.29, 1.82) is 0 Å². The van der Waals surface area contributed by atoms with Gasteiger partial charge in [0.1, 0.15) is 0 Å².